The van der Waals surface area contributed by atoms with E-state index in [0.29, 0.717) is 30.5 Å². The molecule has 0 saturated carbocycles. The molecule has 0 saturated heterocycles. The summed E-state index contributed by atoms with van der Waals surface area (Å²) >= 11 is 0. The number of carbonyl (C=O) groups excluding carboxylic acids is 1. The lowest BCUT2D eigenvalue weighted by Gasteiger charge is -2.29. The summed E-state index contributed by atoms with van der Waals surface area (Å²) in [7, 11) is 0. The molecule has 5 nitrogen and oxygen atoms in total. The van der Waals surface area contributed by atoms with Gasteiger partial charge in [-0.3, -0.25) is 0 Å². The van der Waals surface area contributed by atoms with Gasteiger partial charge < -0.3 is 14.7 Å². The van der Waals surface area contributed by atoms with Gasteiger partial charge in [-0.1, -0.05) is 19.0 Å². The monoisotopic (exact) mass is 347 g/mol. The molecule has 25 heavy (non-hydrogen) atoms. The molecule has 2 amide bonds. The third-order valence-corrected chi connectivity index (χ3v) is 3.40. The molecule has 2 rings (SSSR count). The zero-order valence-electron chi connectivity index (χ0n) is 15.5. The topological polar surface area (TPSA) is 58.4 Å². The molecule has 0 aliphatic heterocycles. The van der Waals surface area contributed by atoms with E-state index in [1.165, 1.54) is 12.1 Å². The summed E-state index contributed by atoms with van der Waals surface area (Å²) < 4.78 is 18.4. The van der Waals surface area contributed by atoms with Crippen molar-refractivity contribution >= 4 is 6.03 Å². The van der Waals surface area contributed by atoms with Crippen LogP contribution >= 0.6 is 0 Å². The van der Waals surface area contributed by atoms with Gasteiger partial charge in [-0.05, 0) is 51.0 Å². The SMILES string of the molecule is CC(C)CN(Cc1cc(-c2ccc(F)cc2)on1)C(=O)NC(C)(C)C. The van der Waals surface area contributed by atoms with Gasteiger partial charge >= 0.3 is 6.03 Å². The van der Waals surface area contributed by atoms with E-state index >= 15 is 0 Å². The minimum atomic E-state index is -0.310. The number of nitrogens with one attached hydrogen (secondary N) is 1. The second kappa shape index (κ2) is 7.68. The smallest absolute Gasteiger partial charge is 0.318 e. The van der Waals surface area contributed by atoms with Crippen molar-refractivity contribution in [3.05, 3.63) is 41.8 Å². The molecule has 1 N–H and O–H groups in total. The first-order valence-corrected chi connectivity index (χ1v) is 8.42. The van der Waals surface area contributed by atoms with Gasteiger partial charge in [0.05, 0.1) is 6.54 Å². The van der Waals surface area contributed by atoms with Crippen LogP contribution in [0.1, 0.15) is 40.3 Å². The van der Waals surface area contributed by atoms with Crippen molar-refractivity contribution in [3.8, 4) is 11.3 Å². The molecule has 1 heterocycles. The summed E-state index contributed by atoms with van der Waals surface area (Å²) in [4.78, 5) is 14.3. The van der Waals surface area contributed by atoms with E-state index in [0.717, 1.165) is 5.56 Å². The van der Waals surface area contributed by atoms with Crippen LogP contribution in [0.25, 0.3) is 11.3 Å². The Labute approximate surface area is 148 Å². The number of hydrogen-bond acceptors (Lipinski definition) is 3. The Kier molecular flexibility index (Phi) is 5.82. The highest BCUT2D eigenvalue weighted by Gasteiger charge is 2.22. The van der Waals surface area contributed by atoms with Gasteiger partial charge in [0.2, 0.25) is 0 Å². The number of benzene rings is 1. The number of halogens is 1. The minimum Gasteiger partial charge on any atom is -0.356 e. The van der Waals surface area contributed by atoms with E-state index < -0.39 is 0 Å². The first-order valence-electron chi connectivity index (χ1n) is 8.42. The first kappa shape index (κ1) is 19.0. The Bertz CT molecular complexity index is 702. The fourth-order valence-electron chi connectivity index (χ4n) is 2.39. The van der Waals surface area contributed by atoms with Gasteiger partial charge in [-0.2, -0.15) is 0 Å². The van der Waals surface area contributed by atoms with Crippen LogP contribution in [0.5, 0.6) is 0 Å². The molecule has 0 radical (unpaired) electrons. The molecule has 136 valence electrons. The number of aromatic nitrogens is 1. The van der Waals surface area contributed by atoms with Crippen LogP contribution in [0.15, 0.2) is 34.9 Å². The van der Waals surface area contributed by atoms with Gasteiger partial charge in [0.15, 0.2) is 5.76 Å². The molecule has 0 atom stereocenters. The van der Waals surface area contributed by atoms with Gasteiger partial charge in [-0.25, -0.2) is 9.18 Å². The van der Waals surface area contributed by atoms with Gasteiger partial charge in [-0.15, -0.1) is 0 Å². The normalized spacial score (nSPS) is 11.6. The third kappa shape index (κ3) is 5.89. The second-order valence-corrected chi connectivity index (χ2v) is 7.64. The first-order chi connectivity index (χ1) is 11.6. The van der Waals surface area contributed by atoms with Crippen LogP contribution in [0.4, 0.5) is 9.18 Å². The summed E-state index contributed by atoms with van der Waals surface area (Å²) in [6, 6.07) is 7.67. The number of nitrogens with zero attached hydrogens (tertiary/aromatic N) is 2. The molecule has 1 aromatic heterocycles. The number of amides is 2. The Morgan fingerprint density at radius 3 is 2.48 bits per heavy atom. The summed E-state index contributed by atoms with van der Waals surface area (Å²) in [5.74, 6) is 0.579. The predicted molar refractivity (Wildman–Crippen MR) is 95.4 cm³/mol. The van der Waals surface area contributed by atoms with Crippen molar-refractivity contribution in [1.82, 2.24) is 15.4 Å². The van der Waals surface area contributed by atoms with Gasteiger partial charge in [0.1, 0.15) is 11.5 Å². The maximum atomic E-state index is 13.0. The summed E-state index contributed by atoms with van der Waals surface area (Å²) in [6.07, 6.45) is 0. The van der Waals surface area contributed by atoms with Gasteiger partial charge in [0, 0.05) is 23.7 Å². The molecule has 2 aromatic rings. The molecular formula is C19H26FN3O2. The van der Waals surface area contributed by atoms with E-state index in [1.807, 2.05) is 20.8 Å². The summed E-state index contributed by atoms with van der Waals surface area (Å²) in [5, 5.41) is 7.03. The van der Waals surface area contributed by atoms with Crippen LogP contribution in [-0.2, 0) is 6.54 Å². The number of rotatable bonds is 5. The minimum absolute atomic E-state index is 0.132. The van der Waals surface area contributed by atoms with Crippen molar-refractivity contribution in [2.75, 3.05) is 6.54 Å². The van der Waals surface area contributed by atoms with Crippen LogP contribution in [0.3, 0.4) is 0 Å². The molecule has 0 unspecified atom stereocenters. The lowest BCUT2D eigenvalue weighted by molar-refractivity contribution is 0.177. The Morgan fingerprint density at radius 1 is 1.28 bits per heavy atom. The maximum Gasteiger partial charge on any atom is 0.318 e. The van der Waals surface area contributed by atoms with Crippen molar-refractivity contribution in [1.29, 1.82) is 0 Å². The second-order valence-electron chi connectivity index (χ2n) is 7.64. The van der Waals surface area contributed by atoms with Crippen LogP contribution < -0.4 is 5.32 Å². The molecule has 0 fully saturated rings. The van der Waals surface area contributed by atoms with E-state index in [-0.39, 0.29) is 17.4 Å². The van der Waals surface area contributed by atoms with Crippen molar-refractivity contribution in [2.24, 2.45) is 5.92 Å². The predicted octanol–water partition coefficient (Wildman–Crippen LogP) is 4.45. The highest BCUT2D eigenvalue weighted by Crippen LogP contribution is 2.21. The standard InChI is InChI=1S/C19H26FN3O2/c1-13(2)11-23(18(24)21-19(3,4)5)12-16-10-17(25-22-16)14-6-8-15(20)9-7-14/h6-10,13H,11-12H2,1-5H3,(H,21,24). The highest BCUT2D eigenvalue weighted by molar-refractivity contribution is 5.75. The lowest BCUT2D eigenvalue weighted by atomic mass is 10.1. The Hall–Kier alpha value is -2.37. The number of urea groups is 1. The largest absolute Gasteiger partial charge is 0.356 e. The summed E-state index contributed by atoms with van der Waals surface area (Å²) in [6.45, 7) is 10.9. The fraction of sp³-hybridized carbons (Fsp3) is 0.474. The molecule has 0 aliphatic rings. The molecule has 0 aliphatic carbocycles. The lowest BCUT2D eigenvalue weighted by Crippen LogP contribution is -2.49. The highest BCUT2D eigenvalue weighted by atomic mass is 19.1. The average molecular weight is 347 g/mol. The quantitative estimate of drug-likeness (QED) is 0.869. The molecule has 0 spiro atoms. The van der Waals surface area contributed by atoms with Crippen molar-refractivity contribution < 1.29 is 13.7 Å². The van der Waals surface area contributed by atoms with E-state index in [2.05, 4.69) is 24.3 Å². The Morgan fingerprint density at radius 2 is 1.92 bits per heavy atom. The van der Waals surface area contributed by atoms with Crippen LogP contribution in [0, 0.1) is 11.7 Å². The van der Waals surface area contributed by atoms with Crippen molar-refractivity contribution in [3.63, 3.8) is 0 Å². The van der Waals surface area contributed by atoms with Crippen molar-refractivity contribution in [2.45, 2.75) is 46.7 Å². The maximum absolute atomic E-state index is 13.0. The van der Waals surface area contributed by atoms with E-state index in [4.69, 9.17) is 4.52 Å². The molecule has 6 heteroatoms. The molecular weight excluding hydrogens is 321 g/mol. The van der Waals surface area contributed by atoms with Crippen LogP contribution in [-0.4, -0.2) is 28.2 Å². The van der Waals surface area contributed by atoms with Crippen LogP contribution in [0.2, 0.25) is 0 Å². The Balaban J connectivity index is 2.13. The zero-order valence-corrected chi connectivity index (χ0v) is 15.5. The average Bonchev–Trinajstić information content (AvgIpc) is 2.93. The fourth-order valence-corrected chi connectivity index (χ4v) is 2.39. The molecule has 1 aromatic carbocycles. The number of carbonyl (C=O) groups is 1. The zero-order chi connectivity index (χ0) is 18.6. The van der Waals surface area contributed by atoms with E-state index in [9.17, 15) is 9.18 Å². The molecule has 0 bridgehead atoms. The summed E-state index contributed by atoms with van der Waals surface area (Å²) in [5.41, 5.74) is 1.09. The third-order valence-electron chi connectivity index (χ3n) is 3.40. The van der Waals surface area contributed by atoms with Gasteiger partial charge in [0.25, 0.3) is 0 Å². The number of hydrogen-bond donors (Lipinski definition) is 1. The van der Waals surface area contributed by atoms with E-state index in [1.54, 1.807) is 23.1 Å².